The molecule has 0 bridgehead atoms. The number of rotatable bonds is 5. The first kappa shape index (κ1) is 17.9. The summed E-state index contributed by atoms with van der Waals surface area (Å²) in [7, 11) is 0. The van der Waals surface area contributed by atoms with E-state index in [0.29, 0.717) is 28.4 Å². The van der Waals surface area contributed by atoms with Crippen molar-refractivity contribution in [3.8, 4) is 5.69 Å². The number of hydrazone groups is 1. The Morgan fingerprint density at radius 1 is 1.26 bits per heavy atom. The van der Waals surface area contributed by atoms with Crippen molar-refractivity contribution < 1.29 is 9.72 Å². The molecule has 0 saturated heterocycles. The van der Waals surface area contributed by atoms with E-state index < -0.39 is 4.92 Å². The predicted octanol–water partition coefficient (Wildman–Crippen LogP) is 2.03. The molecule has 0 aliphatic rings. The summed E-state index contributed by atoms with van der Waals surface area (Å²) in [5.74, 6) is -0.375. The van der Waals surface area contributed by atoms with Gasteiger partial charge in [-0.1, -0.05) is 11.3 Å². The first-order chi connectivity index (χ1) is 13.0. The monoisotopic (exact) mass is 365 g/mol. The topological polar surface area (TPSA) is 128 Å². The fourth-order valence-electron chi connectivity index (χ4n) is 2.40. The number of carbonyl (C=O) groups excluding carboxylic acids is 1. The summed E-state index contributed by atoms with van der Waals surface area (Å²) < 4.78 is 1.48. The average molecular weight is 365 g/mol. The minimum absolute atomic E-state index is 0.0426. The van der Waals surface area contributed by atoms with E-state index >= 15 is 0 Å². The predicted molar refractivity (Wildman–Crippen MR) is 96.7 cm³/mol. The quantitative estimate of drug-likeness (QED) is 0.418. The lowest BCUT2D eigenvalue weighted by molar-refractivity contribution is -0.384. The lowest BCUT2D eigenvalue weighted by atomic mass is 10.2. The van der Waals surface area contributed by atoms with Gasteiger partial charge in [0.25, 0.3) is 11.6 Å². The Hall–Kier alpha value is -3.95. The van der Waals surface area contributed by atoms with Gasteiger partial charge in [0, 0.05) is 30.1 Å². The summed E-state index contributed by atoms with van der Waals surface area (Å²) in [4.78, 5) is 26.4. The van der Waals surface area contributed by atoms with Crippen LogP contribution in [-0.4, -0.2) is 36.5 Å². The molecule has 0 unspecified atom stereocenters. The number of nitro groups is 1. The van der Waals surface area contributed by atoms with Crippen LogP contribution in [0.3, 0.4) is 0 Å². The number of nitro benzene ring substituents is 1. The molecule has 1 amide bonds. The number of hydrogen-bond donors (Lipinski definition) is 1. The zero-order valence-electron chi connectivity index (χ0n) is 14.5. The molecular weight excluding hydrogens is 350 g/mol. The largest absolute Gasteiger partial charge is 0.271 e. The normalized spacial score (nSPS) is 11.3. The van der Waals surface area contributed by atoms with E-state index in [0.717, 1.165) is 0 Å². The van der Waals surface area contributed by atoms with Gasteiger partial charge in [0.2, 0.25) is 0 Å². The van der Waals surface area contributed by atoms with E-state index in [4.69, 9.17) is 0 Å². The molecule has 0 saturated carbocycles. The zero-order chi connectivity index (χ0) is 19.4. The maximum absolute atomic E-state index is 12.0. The number of hydrogen-bond acceptors (Lipinski definition) is 7. The number of pyridine rings is 1. The molecule has 0 atom stereocenters. The third-order valence-corrected chi connectivity index (χ3v) is 3.79. The highest BCUT2D eigenvalue weighted by molar-refractivity contribution is 6.00. The molecule has 3 rings (SSSR count). The molecule has 1 aromatic carbocycles. The number of amides is 1. The maximum Gasteiger partial charge on any atom is 0.271 e. The van der Waals surface area contributed by atoms with Crippen LogP contribution in [-0.2, 0) is 0 Å². The first-order valence-electron chi connectivity index (χ1n) is 7.89. The molecule has 0 radical (unpaired) electrons. The van der Waals surface area contributed by atoms with Gasteiger partial charge in [-0.3, -0.25) is 19.9 Å². The number of carbonyl (C=O) groups is 1. The van der Waals surface area contributed by atoms with E-state index in [1.54, 1.807) is 38.1 Å². The summed E-state index contributed by atoms with van der Waals surface area (Å²) in [6.45, 7) is 3.44. The summed E-state index contributed by atoms with van der Waals surface area (Å²) in [6.07, 6.45) is 3.03. The second-order valence-corrected chi connectivity index (χ2v) is 5.59. The third-order valence-electron chi connectivity index (χ3n) is 3.79. The fraction of sp³-hybridized carbons (Fsp3) is 0.118. The highest BCUT2D eigenvalue weighted by Gasteiger charge is 2.15. The van der Waals surface area contributed by atoms with Crippen molar-refractivity contribution >= 4 is 17.3 Å². The lowest BCUT2D eigenvalue weighted by Crippen LogP contribution is -2.19. The Morgan fingerprint density at radius 2 is 2.00 bits per heavy atom. The Morgan fingerprint density at radius 3 is 2.70 bits per heavy atom. The number of aromatic nitrogens is 4. The highest BCUT2D eigenvalue weighted by Crippen LogP contribution is 2.18. The van der Waals surface area contributed by atoms with E-state index in [2.05, 4.69) is 25.8 Å². The van der Waals surface area contributed by atoms with E-state index in [9.17, 15) is 14.9 Å². The Kier molecular flexibility index (Phi) is 4.97. The SMILES string of the molecule is C/C(=N\NC(=O)c1ccncc1)c1nnn(-c2cccc([N+](=O)[O-])c2)c1C. The van der Waals surface area contributed by atoms with Crippen LogP contribution >= 0.6 is 0 Å². The van der Waals surface area contributed by atoms with Crippen LogP contribution in [0.1, 0.15) is 28.7 Å². The third kappa shape index (κ3) is 3.84. The van der Waals surface area contributed by atoms with Crippen LogP contribution in [0.15, 0.2) is 53.9 Å². The number of benzene rings is 1. The summed E-state index contributed by atoms with van der Waals surface area (Å²) >= 11 is 0. The Labute approximate surface area is 153 Å². The van der Waals surface area contributed by atoms with Gasteiger partial charge >= 0.3 is 0 Å². The molecule has 1 N–H and O–H groups in total. The van der Waals surface area contributed by atoms with Crippen LogP contribution in [0.2, 0.25) is 0 Å². The van der Waals surface area contributed by atoms with E-state index in [1.807, 2.05) is 0 Å². The smallest absolute Gasteiger partial charge is 0.267 e. The standard InChI is InChI=1S/C17H15N7O3/c1-11(19-21-17(25)13-6-8-18-9-7-13)16-12(2)23(22-20-16)14-4-3-5-15(10-14)24(26)27/h3-10H,1-2H3,(H,21,25)/b19-11+. The van der Waals surface area contributed by atoms with Gasteiger partial charge in [-0.05, 0) is 32.0 Å². The lowest BCUT2D eigenvalue weighted by Gasteiger charge is -2.04. The minimum Gasteiger partial charge on any atom is -0.267 e. The molecule has 0 aliphatic heterocycles. The summed E-state index contributed by atoms with van der Waals surface area (Å²) in [6, 6.07) is 9.22. The molecular formula is C17H15N7O3. The number of nitrogens with zero attached hydrogens (tertiary/aromatic N) is 6. The molecule has 0 fully saturated rings. The second-order valence-electron chi connectivity index (χ2n) is 5.59. The second kappa shape index (κ2) is 7.52. The van der Waals surface area contributed by atoms with Gasteiger partial charge in [0.1, 0.15) is 5.69 Å². The van der Waals surface area contributed by atoms with Crippen LogP contribution in [0.25, 0.3) is 5.69 Å². The van der Waals surface area contributed by atoms with Crippen molar-refractivity contribution in [2.75, 3.05) is 0 Å². The molecule has 3 aromatic rings. The fourth-order valence-corrected chi connectivity index (χ4v) is 2.40. The molecule has 10 nitrogen and oxygen atoms in total. The van der Waals surface area contributed by atoms with Crippen molar-refractivity contribution in [2.24, 2.45) is 5.10 Å². The summed E-state index contributed by atoms with van der Waals surface area (Å²) in [5, 5.41) is 23.1. The molecule has 2 heterocycles. The number of nitrogens with one attached hydrogen (secondary N) is 1. The molecule has 0 spiro atoms. The average Bonchev–Trinajstić information content (AvgIpc) is 3.08. The molecule has 0 aliphatic carbocycles. The van der Waals surface area contributed by atoms with Crippen molar-refractivity contribution in [1.29, 1.82) is 0 Å². The Bertz CT molecular complexity index is 1030. The first-order valence-corrected chi connectivity index (χ1v) is 7.89. The van der Waals surface area contributed by atoms with Gasteiger partial charge in [-0.15, -0.1) is 5.10 Å². The molecule has 27 heavy (non-hydrogen) atoms. The van der Waals surface area contributed by atoms with Gasteiger partial charge in [0.15, 0.2) is 0 Å². The Balaban J connectivity index is 1.83. The van der Waals surface area contributed by atoms with Gasteiger partial charge in [-0.2, -0.15) is 5.10 Å². The van der Waals surface area contributed by atoms with E-state index in [-0.39, 0.29) is 11.6 Å². The van der Waals surface area contributed by atoms with Crippen molar-refractivity contribution in [3.63, 3.8) is 0 Å². The van der Waals surface area contributed by atoms with Crippen LogP contribution in [0.4, 0.5) is 5.69 Å². The highest BCUT2D eigenvalue weighted by atomic mass is 16.6. The van der Waals surface area contributed by atoms with Crippen molar-refractivity contribution in [3.05, 3.63) is 75.9 Å². The molecule has 2 aromatic heterocycles. The van der Waals surface area contributed by atoms with Crippen LogP contribution in [0.5, 0.6) is 0 Å². The van der Waals surface area contributed by atoms with E-state index in [1.165, 1.54) is 29.2 Å². The van der Waals surface area contributed by atoms with Crippen LogP contribution < -0.4 is 5.43 Å². The zero-order valence-corrected chi connectivity index (χ0v) is 14.5. The van der Waals surface area contributed by atoms with Crippen molar-refractivity contribution in [2.45, 2.75) is 13.8 Å². The molecule has 10 heteroatoms. The molecule has 136 valence electrons. The number of non-ortho nitro benzene ring substituents is 1. The van der Waals surface area contributed by atoms with Gasteiger partial charge in [-0.25, -0.2) is 10.1 Å². The van der Waals surface area contributed by atoms with Gasteiger partial charge < -0.3 is 0 Å². The summed E-state index contributed by atoms with van der Waals surface area (Å²) in [5.41, 5.74) is 4.90. The van der Waals surface area contributed by atoms with Crippen LogP contribution in [0, 0.1) is 17.0 Å². The minimum atomic E-state index is -0.474. The maximum atomic E-state index is 12.0. The van der Waals surface area contributed by atoms with Crippen molar-refractivity contribution in [1.82, 2.24) is 25.4 Å². The van der Waals surface area contributed by atoms with Gasteiger partial charge in [0.05, 0.1) is 22.0 Å².